The average Bonchev–Trinajstić information content (AvgIpc) is 2.50. The predicted octanol–water partition coefficient (Wildman–Crippen LogP) is 2.27. The molecule has 5 nitrogen and oxygen atoms in total. The van der Waals surface area contributed by atoms with Crippen LogP contribution >= 0.6 is 0 Å². The van der Waals surface area contributed by atoms with E-state index in [1.165, 1.54) is 0 Å². The number of carbonyl (C=O) groups is 1. The summed E-state index contributed by atoms with van der Waals surface area (Å²) in [5.41, 5.74) is 2.29. The van der Waals surface area contributed by atoms with E-state index >= 15 is 0 Å². The fourth-order valence-electron chi connectivity index (χ4n) is 2.29. The van der Waals surface area contributed by atoms with E-state index in [2.05, 4.69) is 6.58 Å². The molecule has 2 rings (SSSR count). The molecule has 1 atom stereocenters. The summed E-state index contributed by atoms with van der Waals surface area (Å²) in [6, 6.07) is 0. The van der Waals surface area contributed by atoms with Crippen LogP contribution in [0.5, 0.6) is 0 Å². The number of fused-ring (bicyclic) bond motifs is 1. The lowest BCUT2D eigenvalue weighted by Crippen LogP contribution is -2.28. The van der Waals surface area contributed by atoms with Gasteiger partial charge in [0.2, 0.25) is 0 Å². The summed E-state index contributed by atoms with van der Waals surface area (Å²) in [4.78, 5) is 11.5. The van der Waals surface area contributed by atoms with Crippen LogP contribution in [0.1, 0.15) is 13.3 Å². The number of allylic oxidation sites excluding steroid dienone is 1. The van der Waals surface area contributed by atoms with E-state index < -0.39 is 5.97 Å². The maximum Gasteiger partial charge on any atom is 0.333 e. The molecule has 2 aliphatic rings. The number of carbonyl (C=O) groups excluding carboxylic acids is 1. The molecule has 0 aromatic carbocycles. The minimum absolute atomic E-state index is 0.0950. The highest BCUT2D eigenvalue weighted by Gasteiger charge is 2.30. The summed E-state index contributed by atoms with van der Waals surface area (Å²) in [5, 5.41) is 0. The van der Waals surface area contributed by atoms with Gasteiger partial charge in [-0.25, -0.2) is 4.79 Å². The standard InChI is InChI=1S/C16H20O5/c1-10(2)16(17)21-9-11-5-6-20-13-8-15(19-4)14(18-3)7-12(11)13/h5,7,13H,1,6,8-9H2,2-4H3/t13-/m0/s1. The maximum absolute atomic E-state index is 11.5. The Bertz CT molecular complexity index is 539. The summed E-state index contributed by atoms with van der Waals surface area (Å²) < 4.78 is 21.6. The molecule has 0 aromatic rings. The third kappa shape index (κ3) is 3.36. The van der Waals surface area contributed by atoms with Crippen LogP contribution in [0.2, 0.25) is 0 Å². The van der Waals surface area contributed by atoms with Gasteiger partial charge in [0.25, 0.3) is 0 Å². The number of methoxy groups -OCH3 is 2. The van der Waals surface area contributed by atoms with E-state index in [0.717, 1.165) is 16.9 Å². The first-order chi connectivity index (χ1) is 10.1. The highest BCUT2D eigenvalue weighted by molar-refractivity contribution is 5.87. The van der Waals surface area contributed by atoms with E-state index in [4.69, 9.17) is 18.9 Å². The van der Waals surface area contributed by atoms with Crippen LogP contribution < -0.4 is 0 Å². The lowest BCUT2D eigenvalue weighted by Gasteiger charge is -2.31. The van der Waals surface area contributed by atoms with Crippen molar-refractivity contribution in [3.63, 3.8) is 0 Å². The van der Waals surface area contributed by atoms with Gasteiger partial charge in [0, 0.05) is 12.0 Å². The van der Waals surface area contributed by atoms with Crippen molar-refractivity contribution < 1.29 is 23.7 Å². The molecule has 0 spiro atoms. The second-order valence-electron chi connectivity index (χ2n) is 4.91. The van der Waals surface area contributed by atoms with Gasteiger partial charge in [-0.2, -0.15) is 0 Å². The monoisotopic (exact) mass is 292 g/mol. The third-order valence-corrected chi connectivity index (χ3v) is 3.45. The Morgan fingerprint density at radius 2 is 2.19 bits per heavy atom. The molecule has 0 fully saturated rings. The van der Waals surface area contributed by atoms with Crippen molar-refractivity contribution in [3.8, 4) is 0 Å². The first kappa shape index (κ1) is 15.4. The van der Waals surface area contributed by atoms with Crippen molar-refractivity contribution >= 4 is 5.97 Å². The number of esters is 1. The topological polar surface area (TPSA) is 54.0 Å². The molecule has 114 valence electrons. The summed E-state index contributed by atoms with van der Waals surface area (Å²) >= 11 is 0. The van der Waals surface area contributed by atoms with Crippen molar-refractivity contribution in [1.82, 2.24) is 0 Å². The Labute approximate surface area is 124 Å². The molecule has 0 unspecified atom stereocenters. The quantitative estimate of drug-likeness (QED) is 0.574. The minimum atomic E-state index is -0.393. The smallest absolute Gasteiger partial charge is 0.333 e. The Morgan fingerprint density at radius 1 is 1.43 bits per heavy atom. The van der Waals surface area contributed by atoms with Gasteiger partial charge in [0.1, 0.15) is 12.4 Å². The van der Waals surface area contributed by atoms with Gasteiger partial charge in [-0.05, 0) is 24.1 Å². The molecular weight excluding hydrogens is 272 g/mol. The zero-order valence-corrected chi connectivity index (χ0v) is 12.6. The van der Waals surface area contributed by atoms with Crippen LogP contribution in [0.4, 0.5) is 0 Å². The fourth-order valence-corrected chi connectivity index (χ4v) is 2.29. The zero-order chi connectivity index (χ0) is 15.4. The molecule has 1 heterocycles. The second kappa shape index (κ2) is 6.63. The van der Waals surface area contributed by atoms with Crippen LogP contribution in [-0.2, 0) is 23.7 Å². The zero-order valence-electron chi connectivity index (χ0n) is 12.6. The molecule has 0 saturated carbocycles. The summed E-state index contributed by atoms with van der Waals surface area (Å²) in [5.74, 6) is 1.04. The van der Waals surface area contributed by atoms with Crippen molar-refractivity contribution in [2.45, 2.75) is 19.4 Å². The second-order valence-corrected chi connectivity index (χ2v) is 4.91. The lowest BCUT2D eigenvalue weighted by molar-refractivity contribution is -0.138. The van der Waals surface area contributed by atoms with Gasteiger partial charge < -0.3 is 18.9 Å². The summed E-state index contributed by atoms with van der Waals surface area (Å²) in [7, 11) is 3.21. The predicted molar refractivity (Wildman–Crippen MR) is 77.3 cm³/mol. The number of hydrogen-bond acceptors (Lipinski definition) is 5. The Kier molecular flexibility index (Phi) is 4.85. The maximum atomic E-state index is 11.5. The van der Waals surface area contributed by atoms with E-state index in [1.807, 2.05) is 12.2 Å². The molecule has 1 aliphatic heterocycles. The molecule has 0 radical (unpaired) electrons. The molecule has 5 heteroatoms. The highest BCUT2D eigenvalue weighted by Crippen LogP contribution is 2.33. The largest absolute Gasteiger partial charge is 0.497 e. The minimum Gasteiger partial charge on any atom is -0.497 e. The number of rotatable bonds is 5. The van der Waals surface area contributed by atoms with Crippen molar-refractivity contribution in [1.29, 1.82) is 0 Å². The van der Waals surface area contributed by atoms with Crippen LogP contribution in [0.25, 0.3) is 0 Å². The van der Waals surface area contributed by atoms with Crippen molar-refractivity contribution in [2.75, 3.05) is 27.4 Å². The van der Waals surface area contributed by atoms with Crippen LogP contribution in [0, 0.1) is 0 Å². The number of hydrogen-bond donors (Lipinski definition) is 0. The van der Waals surface area contributed by atoms with Gasteiger partial charge in [-0.1, -0.05) is 12.7 Å². The molecule has 1 aliphatic carbocycles. The SMILES string of the molecule is C=C(C)C(=O)OCC1=CCO[C@H]2CC(OC)=C(OC)C=C12. The first-order valence-electron chi connectivity index (χ1n) is 6.73. The Morgan fingerprint density at radius 3 is 2.81 bits per heavy atom. The van der Waals surface area contributed by atoms with Gasteiger partial charge in [0.15, 0.2) is 5.76 Å². The van der Waals surface area contributed by atoms with Crippen LogP contribution in [0.15, 0.2) is 47.0 Å². The summed E-state index contributed by atoms with van der Waals surface area (Å²) in [6.07, 6.45) is 4.31. The molecule has 0 N–H and O–H groups in total. The molecule has 0 amide bonds. The van der Waals surface area contributed by atoms with Gasteiger partial charge >= 0.3 is 5.97 Å². The molecule has 0 aromatic heterocycles. The fraction of sp³-hybridized carbons (Fsp3) is 0.438. The van der Waals surface area contributed by atoms with E-state index in [1.54, 1.807) is 21.1 Å². The summed E-state index contributed by atoms with van der Waals surface area (Å²) in [6.45, 7) is 5.89. The average molecular weight is 292 g/mol. The van der Waals surface area contributed by atoms with Gasteiger partial charge in [-0.15, -0.1) is 0 Å². The van der Waals surface area contributed by atoms with Gasteiger partial charge in [0.05, 0.1) is 26.9 Å². The van der Waals surface area contributed by atoms with Gasteiger partial charge in [-0.3, -0.25) is 0 Å². The molecular formula is C16H20O5. The van der Waals surface area contributed by atoms with E-state index in [9.17, 15) is 4.79 Å². The molecule has 0 bridgehead atoms. The molecule has 0 saturated heterocycles. The van der Waals surface area contributed by atoms with Crippen molar-refractivity contribution in [3.05, 3.63) is 47.0 Å². The van der Waals surface area contributed by atoms with E-state index in [0.29, 0.717) is 24.4 Å². The Hall–Kier alpha value is -2.01. The van der Waals surface area contributed by atoms with Crippen LogP contribution in [-0.4, -0.2) is 39.5 Å². The highest BCUT2D eigenvalue weighted by atomic mass is 16.5. The lowest BCUT2D eigenvalue weighted by atomic mass is 9.91. The van der Waals surface area contributed by atoms with E-state index in [-0.39, 0.29) is 12.7 Å². The third-order valence-electron chi connectivity index (χ3n) is 3.45. The number of ether oxygens (including phenoxy) is 4. The van der Waals surface area contributed by atoms with Crippen LogP contribution in [0.3, 0.4) is 0 Å². The van der Waals surface area contributed by atoms with Crippen molar-refractivity contribution in [2.24, 2.45) is 0 Å². The molecule has 21 heavy (non-hydrogen) atoms. The Balaban J connectivity index is 2.18. The first-order valence-corrected chi connectivity index (χ1v) is 6.73. The normalized spacial score (nSPS) is 21.0.